The van der Waals surface area contributed by atoms with Crippen molar-refractivity contribution >= 4 is 21.1 Å². The van der Waals surface area contributed by atoms with Crippen molar-refractivity contribution in [2.45, 2.75) is 19.3 Å². The van der Waals surface area contributed by atoms with Gasteiger partial charge >= 0.3 is 15.2 Å². The van der Waals surface area contributed by atoms with Crippen molar-refractivity contribution in [3.05, 3.63) is 29.8 Å². The number of carbonyl (C=O) groups excluding carboxylic acids is 1. The SMILES string of the molecule is COP(=O)(CN(CCCC(=O)NCCc1ccc(O)cc1)CP(=O)(OC)OC)OC. The molecule has 1 amide bonds. The summed E-state index contributed by atoms with van der Waals surface area (Å²) in [6, 6.07) is 6.80. The lowest BCUT2D eigenvalue weighted by atomic mass is 10.1. The Morgan fingerprint density at radius 1 is 0.967 bits per heavy atom. The van der Waals surface area contributed by atoms with E-state index in [1.165, 1.54) is 28.4 Å². The molecule has 2 N–H and O–H groups in total. The lowest BCUT2D eigenvalue weighted by Crippen LogP contribution is -2.30. The Morgan fingerprint density at radius 2 is 1.47 bits per heavy atom. The van der Waals surface area contributed by atoms with Crippen molar-refractivity contribution in [1.29, 1.82) is 0 Å². The van der Waals surface area contributed by atoms with Crippen LogP contribution >= 0.6 is 15.2 Å². The van der Waals surface area contributed by atoms with E-state index in [9.17, 15) is 19.0 Å². The van der Waals surface area contributed by atoms with E-state index >= 15 is 0 Å². The molecule has 0 heterocycles. The molecule has 172 valence electrons. The highest BCUT2D eigenvalue weighted by Crippen LogP contribution is 2.51. The molecule has 0 spiro atoms. The Kier molecular flexibility index (Phi) is 11.8. The summed E-state index contributed by atoms with van der Waals surface area (Å²) in [7, 11) is -1.68. The van der Waals surface area contributed by atoms with Gasteiger partial charge in [-0.1, -0.05) is 12.1 Å². The Labute approximate surface area is 177 Å². The number of amides is 1. The molecule has 0 aromatic heterocycles. The van der Waals surface area contributed by atoms with Gasteiger partial charge in [-0.3, -0.25) is 18.8 Å². The van der Waals surface area contributed by atoms with Crippen LogP contribution in [0.1, 0.15) is 18.4 Å². The lowest BCUT2D eigenvalue weighted by Gasteiger charge is -2.27. The minimum absolute atomic E-state index is 0.112. The highest BCUT2D eigenvalue weighted by atomic mass is 31.2. The lowest BCUT2D eigenvalue weighted by molar-refractivity contribution is -0.121. The second kappa shape index (κ2) is 13.2. The highest BCUT2D eigenvalue weighted by molar-refractivity contribution is 7.54. The molecular weight excluding hydrogens is 434 g/mol. The fraction of sp³-hybridized carbons (Fsp3) is 0.611. The molecule has 0 saturated heterocycles. The molecule has 10 nitrogen and oxygen atoms in total. The van der Waals surface area contributed by atoms with Crippen LogP contribution in [0.15, 0.2) is 24.3 Å². The minimum atomic E-state index is -3.39. The maximum Gasteiger partial charge on any atom is 0.344 e. The Bertz CT molecular complexity index is 700. The molecule has 0 aliphatic heterocycles. The largest absolute Gasteiger partial charge is 0.508 e. The van der Waals surface area contributed by atoms with E-state index in [4.69, 9.17) is 18.1 Å². The Hall–Kier alpha value is -1.25. The number of hydrogen-bond acceptors (Lipinski definition) is 9. The third kappa shape index (κ3) is 9.71. The average molecular weight is 466 g/mol. The molecule has 0 bridgehead atoms. The van der Waals surface area contributed by atoms with Crippen LogP contribution in [0.3, 0.4) is 0 Å². The molecule has 0 unspecified atom stereocenters. The maximum atomic E-state index is 12.5. The summed E-state index contributed by atoms with van der Waals surface area (Å²) in [6.45, 7) is 0.789. The minimum Gasteiger partial charge on any atom is -0.508 e. The summed E-state index contributed by atoms with van der Waals surface area (Å²) in [5.41, 5.74) is 1.00. The predicted molar refractivity (Wildman–Crippen MR) is 114 cm³/mol. The van der Waals surface area contributed by atoms with E-state index in [1.807, 2.05) is 0 Å². The number of aromatic hydroxyl groups is 1. The quantitative estimate of drug-likeness (QED) is 0.375. The molecule has 0 fully saturated rings. The molecule has 1 aromatic rings. The van der Waals surface area contributed by atoms with Gasteiger partial charge in [0.05, 0.1) is 0 Å². The van der Waals surface area contributed by atoms with E-state index in [0.29, 0.717) is 25.9 Å². The van der Waals surface area contributed by atoms with Crippen LogP contribution < -0.4 is 5.32 Å². The highest BCUT2D eigenvalue weighted by Gasteiger charge is 2.31. The zero-order valence-electron chi connectivity index (χ0n) is 17.9. The molecular formula is C18H32N2O8P2. The predicted octanol–water partition coefficient (Wildman–Crippen LogP) is 3.02. The third-order valence-electron chi connectivity index (χ3n) is 4.41. The van der Waals surface area contributed by atoms with Gasteiger partial charge in [-0.05, 0) is 37.1 Å². The van der Waals surface area contributed by atoms with E-state index in [0.717, 1.165) is 5.56 Å². The van der Waals surface area contributed by atoms with Gasteiger partial charge in [-0.15, -0.1) is 0 Å². The van der Waals surface area contributed by atoms with E-state index in [2.05, 4.69) is 5.32 Å². The third-order valence-corrected chi connectivity index (χ3v) is 8.13. The van der Waals surface area contributed by atoms with Gasteiger partial charge in [0.25, 0.3) is 0 Å². The number of carbonyl (C=O) groups is 1. The fourth-order valence-corrected chi connectivity index (χ4v) is 5.00. The van der Waals surface area contributed by atoms with Crippen molar-refractivity contribution in [1.82, 2.24) is 10.2 Å². The second-order valence-electron chi connectivity index (χ2n) is 6.50. The van der Waals surface area contributed by atoms with Crippen LogP contribution in [0.25, 0.3) is 0 Å². The zero-order chi connectivity index (χ0) is 22.6. The number of rotatable bonds is 15. The first kappa shape index (κ1) is 26.8. The molecule has 12 heteroatoms. The molecule has 0 atom stereocenters. The molecule has 30 heavy (non-hydrogen) atoms. The summed E-state index contributed by atoms with van der Waals surface area (Å²) in [4.78, 5) is 13.7. The van der Waals surface area contributed by atoms with Gasteiger partial charge in [0.2, 0.25) is 5.91 Å². The van der Waals surface area contributed by atoms with Gasteiger partial charge in [0.15, 0.2) is 0 Å². The fourth-order valence-electron chi connectivity index (χ4n) is 2.62. The van der Waals surface area contributed by atoms with Crippen molar-refractivity contribution in [2.75, 3.05) is 54.1 Å². The first-order valence-electron chi connectivity index (χ1n) is 9.37. The monoisotopic (exact) mass is 466 g/mol. The molecule has 0 radical (unpaired) electrons. The summed E-state index contributed by atoms with van der Waals surface area (Å²) in [6.07, 6.45) is 1.10. The van der Waals surface area contributed by atoms with Gasteiger partial charge in [0.1, 0.15) is 18.3 Å². The average Bonchev–Trinajstić information content (AvgIpc) is 2.74. The first-order chi connectivity index (χ1) is 14.2. The Morgan fingerprint density at radius 3 is 1.93 bits per heavy atom. The zero-order valence-corrected chi connectivity index (χ0v) is 19.7. The van der Waals surface area contributed by atoms with Gasteiger partial charge < -0.3 is 28.5 Å². The van der Waals surface area contributed by atoms with Crippen molar-refractivity contribution in [2.24, 2.45) is 0 Å². The maximum absolute atomic E-state index is 12.5. The van der Waals surface area contributed by atoms with E-state index in [-0.39, 0.29) is 30.6 Å². The van der Waals surface area contributed by atoms with Crippen LogP contribution in [0.2, 0.25) is 0 Å². The molecule has 1 rings (SSSR count). The van der Waals surface area contributed by atoms with Gasteiger partial charge in [-0.2, -0.15) is 0 Å². The van der Waals surface area contributed by atoms with Crippen molar-refractivity contribution in [3.63, 3.8) is 0 Å². The first-order valence-corrected chi connectivity index (χ1v) is 12.8. The van der Waals surface area contributed by atoms with Gasteiger partial charge in [0, 0.05) is 41.4 Å². The Balaban J connectivity index is 2.52. The number of hydrogen-bond donors (Lipinski definition) is 2. The van der Waals surface area contributed by atoms with Crippen LogP contribution in [0.5, 0.6) is 5.75 Å². The van der Waals surface area contributed by atoms with Crippen LogP contribution in [-0.2, 0) is 38.4 Å². The summed E-state index contributed by atoms with van der Waals surface area (Å²) < 4.78 is 44.7. The van der Waals surface area contributed by atoms with Crippen LogP contribution in [-0.4, -0.2) is 70.0 Å². The second-order valence-corrected chi connectivity index (χ2v) is 11.0. The number of nitrogens with zero attached hydrogens (tertiary/aromatic N) is 1. The number of nitrogens with one attached hydrogen (secondary N) is 1. The van der Waals surface area contributed by atoms with Crippen molar-refractivity contribution < 1.29 is 37.1 Å². The topological polar surface area (TPSA) is 124 Å². The normalized spacial score (nSPS) is 12.3. The number of phenolic OH excluding ortho intramolecular Hbond substituents is 1. The van der Waals surface area contributed by atoms with Crippen LogP contribution in [0.4, 0.5) is 0 Å². The molecule has 1 aromatic carbocycles. The van der Waals surface area contributed by atoms with E-state index < -0.39 is 15.2 Å². The number of benzene rings is 1. The van der Waals surface area contributed by atoms with Crippen molar-refractivity contribution in [3.8, 4) is 5.75 Å². The summed E-state index contributed by atoms with van der Waals surface area (Å²) in [5.74, 6) is 0.0717. The van der Waals surface area contributed by atoms with Crippen LogP contribution in [0, 0.1) is 0 Å². The van der Waals surface area contributed by atoms with Gasteiger partial charge in [-0.25, -0.2) is 0 Å². The smallest absolute Gasteiger partial charge is 0.344 e. The number of phenols is 1. The molecule has 0 saturated carbocycles. The molecule has 0 aliphatic carbocycles. The van der Waals surface area contributed by atoms with E-state index in [1.54, 1.807) is 29.2 Å². The standard InChI is InChI=1S/C18H32N2O8P2/c1-25-29(23,26-2)14-20(15-30(24,27-3)28-4)13-5-6-18(22)19-12-11-16-7-9-17(21)10-8-16/h7-10,21H,5-6,11-15H2,1-4H3,(H,19,22). The summed E-state index contributed by atoms with van der Waals surface area (Å²) in [5, 5.41) is 12.1. The molecule has 0 aliphatic rings. The summed E-state index contributed by atoms with van der Waals surface area (Å²) >= 11 is 0.